The number of benzene rings is 2. The van der Waals surface area contributed by atoms with Crippen molar-refractivity contribution in [3.8, 4) is 5.88 Å². The van der Waals surface area contributed by atoms with Crippen molar-refractivity contribution in [2.75, 3.05) is 31.1 Å². The number of para-hydroxylation sites is 1. The van der Waals surface area contributed by atoms with Crippen molar-refractivity contribution in [3.63, 3.8) is 0 Å². The lowest BCUT2D eigenvalue weighted by Crippen LogP contribution is -2.55. The van der Waals surface area contributed by atoms with Crippen molar-refractivity contribution in [1.82, 2.24) is 15.2 Å². The zero-order valence-corrected chi connectivity index (χ0v) is 21.3. The number of hydrogen-bond donors (Lipinski definition) is 2. The van der Waals surface area contributed by atoms with Crippen molar-refractivity contribution in [1.29, 1.82) is 0 Å². The highest BCUT2D eigenvalue weighted by Crippen LogP contribution is 2.33. The number of anilines is 1. The molecule has 0 bridgehead atoms. The molecule has 2 saturated heterocycles. The number of alkyl halides is 5. The van der Waals surface area contributed by atoms with Gasteiger partial charge in [0, 0.05) is 43.6 Å². The number of pyridine rings is 1. The van der Waals surface area contributed by atoms with E-state index < -0.39 is 66.3 Å². The van der Waals surface area contributed by atoms with Gasteiger partial charge in [0.25, 0.3) is 11.8 Å². The average Bonchev–Trinajstić information content (AvgIpc) is 3.34. The number of aliphatic carboxylic acids is 1. The zero-order chi connectivity index (χ0) is 30.8. The SMILES string of the molecule is O=C(O)C(F)(F)F.O=C(c1cc(N2CCNC2=O)c(F)cc1F)N1CCC(F)(F)[C@@H](Oc2ccc3ccccc3n2)C1. The Morgan fingerprint density at radius 3 is 2.38 bits per heavy atom. The molecule has 3 heterocycles. The standard InChI is InChI=1S/C24H20F4N4O3.C2HF3O2/c25-16-12-17(26)19(32-10-8-29-23(32)34)11-15(16)22(33)31-9-7-24(27,28)20(13-31)35-21-6-5-14-3-1-2-4-18(14)30-21;3-2(4,5)1(6)7/h1-6,11-12,20H,7-10,13H2,(H,29,34);(H,6,7)/t20-;/m0./s1. The number of hydrogen-bond acceptors (Lipinski definition) is 5. The lowest BCUT2D eigenvalue weighted by atomic mass is 10.0. The maximum absolute atomic E-state index is 14.7. The molecule has 42 heavy (non-hydrogen) atoms. The molecule has 3 aromatic rings. The first-order valence-electron chi connectivity index (χ1n) is 12.2. The van der Waals surface area contributed by atoms with Crippen molar-refractivity contribution in [3.05, 3.63) is 65.7 Å². The summed E-state index contributed by atoms with van der Waals surface area (Å²) in [5.74, 6) is -9.11. The van der Waals surface area contributed by atoms with Crippen LogP contribution in [0.3, 0.4) is 0 Å². The van der Waals surface area contributed by atoms with Crippen LogP contribution < -0.4 is 15.0 Å². The van der Waals surface area contributed by atoms with Crippen molar-refractivity contribution in [2.45, 2.75) is 24.6 Å². The van der Waals surface area contributed by atoms with Crippen LogP contribution in [0, 0.1) is 11.6 Å². The number of aromatic nitrogens is 1. The number of fused-ring (bicyclic) bond motifs is 1. The van der Waals surface area contributed by atoms with Gasteiger partial charge in [-0.05, 0) is 18.2 Å². The van der Waals surface area contributed by atoms with Gasteiger partial charge in [-0.2, -0.15) is 13.2 Å². The summed E-state index contributed by atoms with van der Waals surface area (Å²) in [6, 6.07) is 11.1. The normalized spacial score (nSPS) is 18.3. The van der Waals surface area contributed by atoms with Crippen LogP contribution in [-0.2, 0) is 4.79 Å². The van der Waals surface area contributed by atoms with Crippen LogP contribution >= 0.6 is 0 Å². The first-order chi connectivity index (χ1) is 19.7. The number of carbonyl (C=O) groups is 3. The number of carbonyl (C=O) groups excluding carboxylic acids is 2. The van der Waals surface area contributed by atoms with Crippen LogP contribution in [0.15, 0.2) is 48.5 Å². The van der Waals surface area contributed by atoms with Gasteiger partial charge >= 0.3 is 18.2 Å². The summed E-state index contributed by atoms with van der Waals surface area (Å²) in [7, 11) is 0. The van der Waals surface area contributed by atoms with E-state index >= 15 is 0 Å². The van der Waals surface area contributed by atoms with Crippen molar-refractivity contribution in [2.24, 2.45) is 0 Å². The molecule has 9 nitrogen and oxygen atoms in total. The van der Waals surface area contributed by atoms with Crippen LogP contribution in [0.4, 0.5) is 41.2 Å². The van der Waals surface area contributed by atoms with Gasteiger partial charge in [0.05, 0.1) is 23.3 Å². The molecule has 2 aliphatic heterocycles. The summed E-state index contributed by atoms with van der Waals surface area (Å²) in [5, 5.41) is 10.4. The number of piperidine rings is 1. The Labute approximate surface area is 232 Å². The highest BCUT2D eigenvalue weighted by molar-refractivity contribution is 5.99. The minimum absolute atomic E-state index is 0.0297. The van der Waals surface area contributed by atoms with Crippen molar-refractivity contribution < 1.29 is 55.0 Å². The Bertz CT molecular complexity index is 1520. The molecule has 0 aliphatic carbocycles. The average molecular weight is 602 g/mol. The molecular formula is C26H21F7N4O5. The molecule has 1 atom stereocenters. The second kappa shape index (κ2) is 11.7. The molecule has 0 spiro atoms. The number of nitrogens with one attached hydrogen (secondary N) is 1. The Hall–Kier alpha value is -4.63. The van der Waals surface area contributed by atoms with Crippen molar-refractivity contribution >= 4 is 34.5 Å². The molecule has 224 valence electrons. The molecular weight excluding hydrogens is 581 g/mol. The van der Waals surface area contributed by atoms with Gasteiger partial charge in [-0.1, -0.05) is 18.2 Å². The van der Waals surface area contributed by atoms with E-state index in [4.69, 9.17) is 14.6 Å². The van der Waals surface area contributed by atoms with Gasteiger partial charge in [-0.15, -0.1) is 0 Å². The Kier molecular flexibility index (Phi) is 8.45. The topological polar surface area (TPSA) is 112 Å². The molecule has 0 saturated carbocycles. The summed E-state index contributed by atoms with van der Waals surface area (Å²) in [4.78, 5) is 40.2. The van der Waals surface area contributed by atoms with Crippen LogP contribution in [0.25, 0.3) is 10.9 Å². The molecule has 2 fully saturated rings. The molecule has 0 unspecified atom stereocenters. The molecule has 16 heteroatoms. The van der Waals surface area contributed by atoms with E-state index in [0.717, 1.165) is 21.3 Å². The first kappa shape index (κ1) is 30.3. The fourth-order valence-corrected chi connectivity index (χ4v) is 4.22. The number of urea groups is 1. The molecule has 1 aromatic heterocycles. The first-order valence-corrected chi connectivity index (χ1v) is 12.2. The van der Waals surface area contributed by atoms with E-state index in [0.29, 0.717) is 11.6 Å². The van der Waals surface area contributed by atoms with Gasteiger partial charge in [-0.3, -0.25) is 9.69 Å². The second-order valence-corrected chi connectivity index (χ2v) is 9.18. The summed E-state index contributed by atoms with van der Waals surface area (Å²) in [5.41, 5.74) is -0.224. The van der Waals surface area contributed by atoms with E-state index in [1.807, 2.05) is 12.1 Å². The highest BCUT2D eigenvalue weighted by atomic mass is 19.4. The molecule has 5 rings (SSSR count). The summed E-state index contributed by atoms with van der Waals surface area (Å²) >= 11 is 0. The third kappa shape index (κ3) is 6.63. The molecule has 2 aromatic carbocycles. The minimum atomic E-state index is -5.08. The number of nitrogens with zero attached hydrogens (tertiary/aromatic N) is 3. The van der Waals surface area contributed by atoms with Gasteiger partial charge in [0.15, 0.2) is 6.10 Å². The van der Waals surface area contributed by atoms with E-state index in [1.54, 1.807) is 18.2 Å². The third-order valence-electron chi connectivity index (χ3n) is 6.35. The van der Waals surface area contributed by atoms with Gasteiger partial charge in [0.1, 0.15) is 11.6 Å². The quantitative estimate of drug-likeness (QED) is 0.423. The van der Waals surface area contributed by atoms with Gasteiger partial charge < -0.3 is 20.1 Å². The Balaban J connectivity index is 0.000000517. The number of halogens is 7. The monoisotopic (exact) mass is 602 g/mol. The van der Waals surface area contributed by atoms with E-state index in [1.165, 1.54) is 6.07 Å². The lowest BCUT2D eigenvalue weighted by Gasteiger charge is -2.38. The predicted molar refractivity (Wildman–Crippen MR) is 132 cm³/mol. The van der Waals surface area contributed by atoms with Gasteiger partial charge in [0.2, 0.25) is 5.88 Å². The summed E-state index contributed by atoms with van der Waals surface area (Å²) < 4.78 is 95.5. The van der Waals surface area contributed by atoms with Crippen LogP contribution in [0.1, 0.15) is 16.8 Å². The number of amides is 3. The zero-order valence-electron chi connectivity index (χ0n) is 21.3. The largest absolute Gasteiger partial charge is 0.490 e. The maximum atomic E-state index is 14.7. The number of carboxylic acids is 1. The molecule has 2 aliphatic rings. The number of likely N-dealkylation sites (tertiary alicyclic amines) is 1. The summed E-state index contributed by atoms with van der Waals surface area (Å²) in [6.45, 7) is -0.481. The van der Waals surface area contributed by atoms with Crippen LogP contribution in [0.5, 0.6) is 5.88 Å². The fourth-order valence-electron chi connectivity index (χ4n) is 4.22. The van der Waals surface area contributed by atoms with E-state index in [2.05, 4.69) is 10.3 Å². The molecule has 2 N–H and O–H groups in total. The Morgan fingerprint density at radius 1 is 1.05 bits per heavy atom. The van der Waals surface area contributed by atoms with E-state index in [9.17, 15) is 40.3 Å². The number of rotatable bonds is 4. The van der Waals surface area contributed by atoms with Gasteiger partial charge in [-0.25, -0.2) is 32.1 Å². The maximum Gasteiger partial charge on any atom is 0.490 e. The highest BCUT2D eigenvalue weighted by Gasteiger charge is 2.47. The molecule has 0 radical (unpaired) electrons. The molecule has 3 amide bonds. The number of ether oxygens (including phenoxy) is 1. The van der Waals surface area contributed by atoms with E-state index in [-0.39, 0.29) is 31.2 Å². The smallest absolute Gasteiger partial charge is 0.475 e. The van der Waals surface area contributed by atoms with Crippen LogP contribution in [-0.4, -0.2) is 77.3 Å². The summed E-state index contributed by atoms with van der Waals surface area (Å²) in [6.07, 6.45) is -7.51. The predicted octanol–water partition coefficient (Wildman–Crippen LogP) is 4.60. The Morgan fingerprint density at radius 2 is 1.74 bits per heavy atom. The fraction of sp³-hybridized carbons (Fsp3) is 0.308. The second-order valence-electron chi connectivity index (χ2n) is 9.18. The lowest BCUT2D eigenvalue weighted by molar-refractivity contribution is -0.192. The van der Waals surface area contributed by atoms with Crippen LogP contribution in [0.2, 0.25) is 0 Å². The third-order valence-corrected chi connectivity index (χ3v) is 6.35. The number of carboxylic acid groups (broad SMARTS) is 1. The minimum Gasteiger partial charge on any atom is -0.475 e.